The Morgan fingerprint density at radius 2 is 1.76 bits per heavy atom. The van der Waals surface area contributed by atoms with Crippen LogP contribution < -0.4 is 9.64 Å². The summed E-state index contributed by atoms with van der Waals surface area (Å²) in [6.45, 7) is 0.354. The van der Waals surface area contributed by atoms with Gasteiger partial charge in [0.15, 0.2) is 0 Å². The zero-order valence-corrected chi connectivity index (χ0v) is 21.4. The largest absolute Gasteiger partial charge is 0.488 e. The lowest BCUT2D eigenvalue weighted by molar-refractivity contribution is -0.140. The minimum atomic E-state index is -0.258. The van der Waals surface area contributed by atoms with Gasteiger partial charge in [-0.05, 0) is 42.5 Å². The van der Waals surface area contributed by atoms with Gasteiger partial charge in [-0.1, -0.05) is 50.1 Å². The normalized spacial score (nSPS) is 25.4. The fourth-order valence-corrected chi connectivity index (χ4v) is 6.11. The van der Waals surface area contributed by atoms with E-state index in [1.807, 2.05) is 55.4 Å². The Bertz CT molecular complexity index is 1160. The summed E-state index contributed by atoms with van der Waals surface area (Å²) in [6, 6.07) is 11.7. The van der Waals surface area contributed by atoms with E-state index in [-0.39, 0.29) is 35.5 Å². The molecule has 6 nitrogen and oxygen atoms in total. The predicted octanol–water partition coefficient (Wildman–Crippen LogP) is 5.00. The van der Waals surface area contributed by atoms with Crippen LogP contribution in [0.4, 0.5) is 5.69 Å². The van der Waals surface area contributed by atoms with Crippen molar-refractivity contribution >= 4 is 55.6 Å². The third kappa shape index (κ3) is 4.04. The number of ether oxygens (including phenoxy) is 1. The van der Waals surface area contributed by atoms with Gasteiger partial charge in [-0.25, -0.2) is 0 Å². The van der Waals surface area contributed by atoms with Gasteiger partial charge in [0.25, 0.3) is 11.8 Å². The Balaban J connectivity index is 1.39. The summed E-state index contributed by atoms with van der Waals surface area (Å²) in [4.78, 5) is 27.8. The van der Waals surface area contributed by atoms with Crippen molar-refractivity contribution in [1.29, 1.82) is 0 Å². The lowest BCUT2D eigenvalue weighted by Crippen LogP contribution is -2.28. The van der Waals surface area contributed by atoms with Gasteiger partial charge in [0, 0.05) is 45.9 Å². The average molecular weight is 573 g/mol. The van der Waals surface area contributed by atoms with E-state index in [9.17, 15) is 9.59 Å². The summed E-state index contributed by atoms with van der Waals surface area (Å²) in [5.41, 5.74) is 2.67. The molecule has 2 bridgehead atoms. The molecule has 2 aromatic carbocycles. The number of hydrogen-bond acceptors (Lipinski definition) is 5. The third-order valence-corrected chi connectivity index (χ3v) is 7.90. The predicted molar refractivity (Wildman–Crippen MR) is 134 cm³/mol. The lowest BCUT2D eigenvalue weighted by atomic mass is 9.85. The molecule has 3 aliphatic rings. The smallest absolute Gasteiger partial charge is 0.254 e. The second kappa shape index (κ2) is 8.72. The maximum atomic E-state index is 12.9. The van der Waals surface area contributed by atoms with Crippen molar-refractivity contribution in [1.82, 2.24) is 5.01 Å². The highest BCUT2D eigenvalue weighted by Crippen LogP contribution is 2.52. The van der Waals surface area contributed by atoms with Crippen molar-refractivity contribution in [3.8, 4) is 5.75 Å². The first-order chi connectivity index (χ1) is 15.8. The molecule has 2 aromatic rings. The maximum Gasteiger partial charge on any atom is 0.254 e. The van der Waals surface area contributed by atoms with Crippen LogP contribution in [0.5, 0.6) is 5.75 Å². The molecule has 2 fully saturated rings. The molecule has 1 heterocycles. The Morgan fingerprint density at radius 1 is 1.06 bits per heavy atom. The number of fused-ring (bicyclic) bond motifs is 5. The highest BCUT2D eigenvalue weighted by molar-refractivity contribution is 9.11. The number of nitrogens with zero attached hydrogens (tertiary/aromatic N) is 3. The van der Waals surface area contributed by atoms with Crippen LogP contribution in [0.3, 0.4) is 0 Å². The van der Waals surface area contributed by atoms with Crippen LogP contribution in [0.2, 0.25) is 0 Å². The van der Waals surface area contributed by atoms with Gasteiger partial charge in [-0.3, -0.25) is 9.59 Å². The SMILES string of the molecule is CN(C)c1ccc(C=NN2C(=O)[C@@H]3[C@H](C2=O)[C@H]2C=C[C@H]3C2)c(OCc2ccc(Br)cc2Br)c1. The van der Waals surface area contributed by atoms with E-state index in [1.54, 1.807) is 6.21 Å². The van der Waals surface area contributed by atoms with Gasteiger partial charge < -0.3 is 9.64 Å². The number of anilines is 1. The number of rotatable bonds is 6. The van der Waals surface area contributed by atoms with E-state index in [0.29, 0.717) is 17.9 Å². The van der Waals surface area contributed by atoms with Gasteiger partial charge >= 0.3 is 0 Å². The van der Waals surface area contributed by atoms with Crippen molar-refractivity contribution in [3.63, 3.8) is 0 Å². The van der Waals surface area contributed by atoms with Crippen LogP contribution in [0.1, 0.15) is 17.5 Å². The van der Waals surface area contributed by atoms with Crippen LogP contribution in [-0.2, 0) is 16.2 Å². The van der Waals surface area contributed by atoms with Crippen LogP contribution in [0, 0.1) is 23.7 Å². The first kappa shape index (κ1) is 22.3. The fourth-order valence-electron chi connectivity index (χ4n) is 4.95. The number of amides is 2. The van der Waals surface area contributed by atoms with Crippen LogP contribution in [0.25, 0.3) is 0 Å². The monoisotopic (exact) mass is 571 g/mol. The first-order valence-corrected chi connectivity index (χ1v) is 12.4. The van der Waals surface area contributed by atoms with Crippen LogP contribution in [-0.4, -0.2) is 37.1 Å². The average Bonchev–Trinajstić information content (AvgIpc) is 3.46. The second-order valence-electron chi connectivity index (χ2n) is 8.87. The maximum absolute atomic E-state index is 12.9. The van der Waals surface area contributed by atoms with Crippen molar-refractivity contribution in [2.24, 2.45) is 28.8 Å². The van der Waals surface area contributed by atoms with Gasteiger partial charge in [-0.2, -0.15) is 10.1 Å². The Kier molecular flexibility index (Phi) is 5.91. The number of allylic oxidation sites excluding steroid dienone is 2. The van der Waals surface area contributed by atoms with Crippen molar-refractivity contribution in [2.75, 3.05) is 19.0 Å². The summed E-state index contributed by atoms with van der Waals surface area (Å²) in [7, 11) is 3.92. The van der Waals surface area contributed by atoms with Gasteiger partial charge in [0.2, 0.25) is 0 Å². The van der Waals surface area contributed by atoms with E-state index in [1.165, 1.54) is 0 Å². The Labute approximate surface area is 209 Å². The van der Waals surface area contributed by atoms with Gasteiger partial charge in [-0.15, -0.1) is 0 Å². The Hall–Kier alpha value is -2.45. The van der Waals surface area contributed by atoms with Gasteiger partial charge in [0.05, 0.1) is 18.1 Å². The standard InChI is InChI=1S/C25H23Br2N3O3/c1-29(2)19-8-6-16(21(11-19)33-13-17-5-7-18(26)10-20(17)27)12-28-30-24(31)22-14-3-4-15(9-14)23(22)25(30)32/h3-8,10-12,14-15,22-23H,9,13H2,1-2H3/t14-,15-,22-,23+/m0/s1. The first-order valence-electron chi connectivity index (χ1n) is 10.8. The molecule has 170 valence electrons. The Morgan fingerprint density at radius 3 is 2.39 bits per heavy atom. The third-order valence-electron chi connectivity index (χ3n) is 6.67. The molecule has 5 rings (SSSR count). The summed E-state index contributed by atoms with van der Waals surface area (Å²) >= 11 is 7.04. The highest BCUT2D eigenvalue weighted by Gasteiger charge is 2.59. The molecule has 0 N–H and O–H groups in total. The minimum absolute atomic E-state index is 0.166. The quantitative estimate of drug-likeness (QED) is 0.278. The molecule has 33 heavy (non-hydrogen) atoms. The molecule has 4 atom stereocenters. The van der Waals surface area contributed by atoms with Crippen molar-refractivity contribution in [2.45, 2.75) is 13.0 Å². The fraction of sp³-hybridized carbons (Fsp3) is 0.320. The molecule has 0 unspecified atom stereocenters. The molecule has 0 radical (unpaired) electrons. The molecule has 2 amide bonds. The zero-order chi connectivity index (χ0) is 23.3. The number of hydrazone groups is 1. The zero-order valence-electron chi connectivity index (χ0n) is 18.2. The highest BCUT2D eigenvalue weighted by atomic mass is 79.9. The van der Waals surface area contributed by atoms with E-state index in [0.717, 1.165) is 31.6 Å². The number of halogens is 2. The second-order valence-corrected chi connectivity index (χ2v) is 10.6. The topological polar surface area (TPSA) is 62.2 Å². The summed E-state index contributed by atoms with van der Waals surface area (Å²) in [6.07, 6.45) is 6.62. The molecular formula is C25H23Br2N3O3. The minimum Gasteiger partial charge on any atom is -0.488 e. The lowest BCUT2D eigenvalue weighted by Gasteiger charge is -2.17. The van der Waals surface area contributed by atoms with E-state index >= 15 is 0 Å². The molecule has 1 saturated heterocycles. The molecular weight excluding hydrogens is 550 g/mol. The molecule has 1 saturated carbocycles. The van der Waals surface area contributed by atoms with Crippen molar-refractivity contribution < 1.29 is 14.3 Å². The molecule has 8 heteroatoms. The molecule has 2 aliphatic carbocycles. The summed E-state index contributed by atoms with van der Waals surface area (Å²) < 4.78 is 8.08. The van der Waals surface area contributed by atoms with Gasteiger partial charge in [0.1, 0.15) is 12.4 Å². The van der Waals surface area contributed by atoms with E-state index in [4.69, 9.17) is 4.74 Å². The number of imide groups is 1. The number of benzene rings is 2. The van der Waals surface area contributed by atoms with Crippen LogP contribution >= 0.6 is 31.9 Å². The van der Waals surface area contributed by atoms with E-state index < -0.39 is 0 Å². The number of carbonyl (C=O) groups is 2. The van der Waals surface area contributed by atoms with E-state index in [2.05, 4.69) is 49.1 Å². The number of hydrogen-bond donors (Lipinski definition) is 0. The molecule has 0 spiro atoms. The summed E-state index contributed by atoms with van der Waals surface area (Å²) in [5, 5.41) is 5.39. The summed E-state index contributed by atoms with van der Waals surface area (Å²) in [5.74, 6) is 0.0605. The number of carbonyl (C=O) groups excluding carboxylic acids is 2. The van der Waals surface area contributed by atoms with Crippen LogP contribution in [0.15, 0.2) is 62.6 Å². The molecule has 1 aliphatic heterocycles. The van der Waals surface area contributed by atoms with Crippen molar-refractivity contribution in [3.05, 3.63) is 68.6 Å². The molecule has 0 aromatic heterocycles.